The van der Waals surface area contributed by atoms with Crippen LogP contribution in [0.2, 0.25) is 0 Å². The van der Waals surface area contributed by atoms with E-state index < -0.39 is 190 Å². The van der Waals surface area contributed by atoms with Gasteiger partial charge in [-0.05, 0) is 123 Å². The Morgan fingerprint density at radius 1 is 0.536 bits per heavy atom. The summed E-state index contributed by atoms with van der Waals surface area (Å²) in [6, 6.07) is 0. The van der Waals surface area contributed by atoms with Gasteiger partial charge in [0.05, 0.1) is 43.5 Å². The molecule has 0 bridgehead atoms. The zero-order valence-corrected chi connectivity index (χ0v) is 49.7. The number of hydrogen-bond acceptors (Lipinski definition) is 25. The second kappa shape index (κ2) is 23.8. The molecule has 0 aromatic rings. The van der Waals surface area contributed by atoms with Crippen molar-refractivity contribution in [2.24, 2.45) is 50.2 Å². The van der Waals surface area contributed by atoms with E-state index in [-0.39, 0.29) is 39.4 Å². The topological polar surface area (TPSA) is 393 Å². The fourth-order valence-electron chi connectivity index (χ4n) is 17.6. The van der Waals surface area contributed by atoms with Gasteiger partial charge in [-0.1, -0.05) is 60.1 Å². The van der Waals surface area contributed by atoms with Gasteiger partial charge in [-0.25, -0.2) is 0 Å². The van der Waals surface area contributed by atoms with Crippen LogP contribution in [-0.4, -0.2) is 251 Å². The molecule has 5 saturated heterocycles. The summed E-state index contributed by atoms with van der Waals surface area (Å²) < 4.78 is 61.4. The van der Waals surface area contributed by atoms with Gasteiger partial charge in [-0.15, -0.1) is 0 Å². The third kappa shape index (κ3) is 10.8. The van der Waals surface area contributed by atoms with Crippen LogP contribution in [0, 0.1) is 50.2 Å². The molecule has 10 rings (SSSR count). The van der Waals surface area contributed by atoms with Crippen molar-refractivity contribution in [2.75, 3.05) is 19.8 Å². The third-order valence-electron chi connectivity index (χ3n) is 23.1. The summed E-state index contributed by atoms with van der Waals surface area (Å²) in [5.41, 5.74) is -1.20. The second-order valence-corrected chi connectivity index (χ2v) is 28.6. The third-order valence-corrected chi connectivity index (χ3v) is 23.1. The highest BCUT2D eigenvalue weighted by molar-refractivity contribution is 5.79. The number of carbonyl (C=O) groups is 1. The summed E-state index contributed by atoms with van der Waals surface area (Å²) in [6.45, 7) is 17.0. The van der Waals surface area contributed by atoms with E-state index >= 15 is 0 Å². The number of hydrogen-bond donors (Lipinski definition) is 14. The summed E-state index contributed by atoms with van der Waals surface area (Å²) in [6.07, 6.45) is -29.4. The molecule has 0 radical (unpaired) electrons. The molecule has 25 heteroatoms. The fraction of sp³-hybridized carbons (Fsp3) is 0.949. The van der Waals surface area contributed by atoms with E-state index in [4.69, 9.17) is 47.4 Å². The van der Waals surface area contributed by atoms with E-state index in [1.807, 2.05) is 0 Å². The van der Waals surface area contributed by atoms with Gasteiger partial charge in [0.15, 0.2) is 25.2 Å². The summed E-state index contributed by atoms with van der Waals surface area (Å²) in [7, 11) is 0. The Hall–Kier alpha value is -1.71. The average Bonchev–Trinajstić information content (AvgIpc) is 1.80. The molecule has 5 heterocycles. The SMILES string of the molecule is C[C@@H]1O[C@@H](O[C@@H]2[C@@H](O)[C@H](C)O[C@@H](O[C@H]3[C@H](O[C@H]4CC[C@]5(C)[C@H]6CC=C7[C@@H]8CC(C)(C)CC[C@]8(C(=O)O[C@@H]8O[C@H](CO)[C@@H](O)[C@H](O)[C@H]8O)CC[C@@]7(C)[C@]6(C)CC[C@H]5C4(C)C)OC[C@H](O)[C@@H]3O[C@@H]3O[C@H](CO)[C@@H](O)[C@H](O)[C@H]3O)[C@@H]2O)[C@H](O)[C@H](O)[C@H]1O. The minimum Gasteiger partial charge on any atom is -0.432 e. The monoisotopic (exact) mass is 1200 g/mol. The first-order valence-electron chi connectivity index (χ1n) is 30.5. The molecule has 32 atom stereocenters. The van der Waals surface area contributed by atoms with Gasteiger partial charge in [-0.3, -0.25) is 4.79 Å². The van der Waals surface area contributed by atoms with Crippen molar-refractivity contribution >= 4 is 5.97 Å². The van der Waals surface area contributed by atoms with Crippen molar-refractivity contribution in [3.63, 3.8) is 0 Å². The van der Waals surface area contributed by atoms with Crippen LogP contribution in [0.25, 0.3) is 0 Å². The van der Waals surface area contributed by atoms with E-state index in [1.54, 1.807) is 0 Å². The summed E-state index contributed by atoms with van der Waals surface area (Å²) in [5, 5.41) is 151. The van der Waals surface area contributed by atoms with Crippen molar-refractivity contribution < 1.29 is 124 Å². The molecule has 14 N–H and O–H groups in total. The Morgan fingerprint density at radius 2 is 1.07 bits per heavy atom. The molecule has 0 spiro atoms. The summed E-state index contributed by atoms with van der Waals surface area (Å²) in [5.74, 6) is -0.460. The Balaban J connectivity index is 0.913. The zero-order valence-electron chi connectivity index (χ0n) is 49.7. The number of allylic oxidation sites excluding steroid dienone is 2. The first-order chi connectivity index (χ1) is 39.3. The molecule has 5 aliphatic carbocycles. The van der Waals surface area contributed by atoms with Crippen LogP contribution in [0.5, 0.6) is 0 Å². The van der Waals surface area contributed by atoms with E-state index in [0.29, 0.717) is 25.7 Å². The van der Waals surface area contributed by atoms with Gasteiger partial charge in [0.1, 0.15) is 104 Å². The molecule has 0 unspecified atom stereocenters. The molecule has 0 aromatic carbocycles. The minimum absolute atomic E-state index is 0.0725. The quantitative estimate of drug-likeness (QED) is 0.0600. The van der Waals surface area contributed by atoms with E-state index in [1.165, 1.54) is 19.4 Å². The lowest BCUT2D eigenvalue weighted by molar-refractivity contribution is -0.396. The maximum Gasteiger partial charge on any atom is 0.315 e. The lowest BCUT2D eigenvalue weighted by Crippen LogP contribution is -2.67. The Morgan fingerprint density at radius 3 is 1.70 bits per heavy atom. The second-order valence-electron chi connectivity index (χ2n) is 28.6. The van der Waals surface area contributed by atoms with Crippen LogP contribution >= 0.6 is 0 Å². The molecule has 10 aliphatic rings. The molecule has 482 valence electrons. The normalized spacial score (nSPS) is 54.6. The Labute approximate surface area is 490 Å². The predicted octanol–water partition coefficient (Wildman–Crippen LogP) is -1.52. The lowest BCUT2D eigenvalue weighted by atomic mass is 9.33. The van der Waals surface area contributed by atoms with Crippen LogP contribution in [0.15, 0.2) is 11.6 Å². The molecular formula is C59H96O25. The van der Waals surface area contributed by atoms with Gasteiger partial charge in [0.2, 0.25) is 6.29 Å². The first-order valence-corrected chi connectivity index (χ1v) is 30.5. The fourth-order valence-corrected chi connectivity index (χ4v) is 17.6. The molecular weight excluding hydrogens is 1110 g/mol. The molecule has 84 heavy (non-hydrogen) atoms. The molecule has 0 aromatic heterocycles. The Kier molecular flexibility index (Phi) is 18.5. The van der Waals surface area contributed by atoms with Crippen LogP contribution < -0.4 is 0 Å². The summed E-state index contributed by atoms with van der Waals surface area (Å²) >= 11 is 0. The lowest BCUT2D eigenvalue weighted by Gasteiger charge is -2.71. The smallest absolute Gasteiger partial charge is 0.315 e. The molecule has 25 nitrogen and oxygen atoms in total. The number of rotatable bonds is 12. The van der Waals surface area contributed by atoms with Crippen LogP contribution in [0.3, 0.4) is 0 Å². The maximum absolute atomic E-state index is 14.9. The van der Waals surface area contributed by atoms with Gasteiger partial charge in [-0.2, -0.15) is 0 Å². The molecule has 0 amide bonds. The van der Waals surface area contributed by atoms with Crippen molar-refractivity contribution in [2.45, 2.75) is 280 Å². The summed E-state index contributed by atoms with van der Waals surface area (Å²) in [4.78, 5) is 14.9. The van der Waals surface area contributed by atoms with Crippen molar-refractivity contribution in [3.8, 4) is 0 Å². The zero-order chi connectivity index (χ0) is 61.3. The van der Waals surface area contributed by atoms with Crippen LogP contribution in [0.1, 0.15) is 127 Å². The number of aliphatic hydroxyl groups is 14. The van der Waals surface area contributed by atoms with E-state index in [0.717, 1.165) is 38.5 Å². The minimum atomic E-state index is -1.90. The number of aliphatic hydroxyl groups excluding tert-OH is 14. The number of ether oxygens (including phenoxy) is 10. The molecule has 9 fully saturated rings. The maximum atomic E-state index is 14.9. The molecule has 4 saturated carbocycles. The van der Waals surface area contributed by atoms with Crippen molar-refractivity contribution in [1.82, 2.24) is 0 Å². The average molecular weight is 1210 g/mol. The number of fused-ring (bicyclic) bond motifs is 7. The number of esters is 1. The van der Waals surface area contributed by atoms with Gasteiger partial charge in [0, 0.05) is 0 Å². The number of carbonyl (C=O) groups excluding carboxylic acids is 1. The van der Waals surface area contributed by atoms with Crippen molar-refractivity contribution in [1.29, 1.82) is 0 Å². The van der Waals surface area contributed by atoms with E-state index in [9.17, 15) is 76.3 Å². The first kappa shape index (κ1) is 65.2. The predicted molar refractivity (Wildman–Crippen MR) is 287 cm³/mol. The highest BCUT2D eigenvalue weighted by Gasteiger charge is 2.70. The Bertz CT molecular complexity index is 2340. The largest absolute Gasteiger partial charge is 0.432 e. The van der Waals surface area contributed by atoms with Crippen LogP contribution in [0.4, 0.5) is 0 Å². The van der Waals surface area contributed by atoms with E-state index in [2.05, 4.69) is 54.5 Å². The van der Waals surface area contributed by atoms with Gasteiger partial charge >= 0.3 is 5.97 Å². The van der Waals surface area contributed by atoms with Gasteiger partial charge < -0.3 is 119 Å². The highest BCUT2D eigenvalue weighted by Crippen LogP contribution is 2.76. The van der Waals surface area contributed by atoms with Crippen molar-refractivity contribution in [3.05, 3.63) is 11.6 Å². The molecule has 5 aliphatic heterocycles. The standard InChI is InChI=1S/C59H96O25/c1-24-34(63)38(67)41(70)48(76-24)82-46-35(64)25(2)77-51(44(46)73)83-47-45(81-49-42(71)39(68)36(65)29(21-60)78-49)28(62)23-75-52(47)80-33-13-14-56(7)31(55(33,5)6)12-15-58(9)32(56)11-10-26-27-20-54(3,4)16-18-59(27,19-17-57(26,58)8)53(74)84-50-43(72)40(69)37(66)30(22-61)79-50/h10,24-25,27-52,60-73H,11-23H2,1-9H3/t24-,25-,27-,28-,29+,30+,31-,32+,33-,34-,35-,36+,37+,38+,39-,40-,41+,42+,43+,44+,45-,46+,47+,48-,49-,50-,51-,52-,56-,57+,58+,59-/m0/s1. The highest BCUT2D eigenvalue weighted by atomic mass is 16.8. The van der Waals surface area contributed by atoms with Crippen LogP contribution in [-0.2, 0) is 52.2 Å². The van der Waals surface area contributed by atoms with Gasteiger partial charge in [0.25, 0.3) is 0 Å².